The number of anilines is 1. The second-order valence-electron chi connectivity index (χ2n) is 4.54. The molecule has 0 saturated carbocycles. The monoisotopic (exact) mass is 303 g/mol. The van der Waals surface area contributed by atoms with Crippen LogP contribution in [0.4, 0.5) is 5.69 Å². The minimum atomic E-state index is 0.0436. The number of hydrogen-bond acceptors (Lipinski definition) is 5. The van der Waals surface area contributed by atoms with E-state index in [-0.39, 0.29) is 6.61 Å². The van der Waals surface area contributed by atoms with Crippen molar-refractivity contribution in [2.24, 2.45) is 0 Å². The lowest BCUT2D eigenvalue weighted by Crippen LogP contribution is -2.02. The summed E-state index contributed by atoms with van der Waals surface area (Å²) >= 11 is 6.17. The molecule has 0 aliphatic heterocycles. The molecule has 0 saturated heterocycles. The lowest BCUT2D eigenvalue weighted by atomic mass is 10.2. The van der Waals surface area contributed by atoms with Gasteiger partial charge in [-0.1, -0.05) is 16.8 Å². The molecule has 0 fully saturated rings. The van der Waals surface area contributed by atoms with Crippen LogP contribution in [0.2, 0.25) is 5.02 Å². The van der Waals surface area contributed by atoms with Gasteiger partial charge in [-0.25, -0.2) is 4.68 Å². The van der Waals surface area contributed by atoms with Crippen molar-refractivity contribution < 1.29 is 5.11 Å². The number of aromatic nitrogens is 4. The second-order valence-corrected chi connectivity index (χ2v) is 4.95. The number of rotatable bonds is 5. The van der Waals surface area contributed by atoms with Crippen molar-refractivity contribution in [3.63, 3.8) is 0 Å². The summed E-state index contributed by atoms with van der Waals surface area (Å²) < 4.78 is 1.61. The molecule has 0 aliphatic rings. The molecule has 0 bridgehead atoms. The number of halogens is 1. The van der Waals surface area contributed by atoms with Gasteiger partial charge in [0.15, 0.2) is 0 Å². The van der Waals surface area contributed by atoms with E-state index < -0.39 is 0 Å². The Kier molecular flexibility index (Phi) is 3.98. The van der Waals surface area contributed by atoms with E-state index in [1.807, 2.05) is 24.3 Å². The molecule has 0 unspecified atom stereocenters. The van der Waals surface area contributed by atoms with Gasteiger partial charge in [-0.2, -0.15) is 0 Å². The van der Waals surface area contributed by atoms with E-state index in [1.54, 1.807) is 17.1 Å². The Bertz CT molecular complexity index is 758. The van der Waals surface area contributed by atoms with Gasteiger partial charge in [0, 0.05) is 11.6 Å². The lowest BCUT2D eigenvalue weighted by Gasteiger charge is -2.08. The van der Waals surface area contributed by atoms with Crippen LogP contribution >= 0.6 is 11.6 Å². The van der Waals surface area contributed by atoms with Crippen molar-refractivity contribution in [3.05, 3.63) is 47.4 Å². The summed E-state index contributed by atoms with van der Waals surface area (Å²) in [5.41, 5.74) is 2.52. The van der Waals surface area contributed by atoms with Crippen LogP contribution in [0.25, 0.3) is 10.9 Å². The molecule has 108 valence electrons. The largest absolute Gasteiger partial charge is 0.394 e. The Morgan fingerprint density at radius 1 is 1.29 bits per heavy atom. The van der Waals surface area contributed by atoms with Crippen molar-refractivity contribution in [2.75, 3.05) is 11.9 Å². The standard InChI is InChI=1S/C14H14ClN5O/c15-12-3-4-13(14-11(12)2-1-5-16-14)17-8-10-9-20(6-7-21)19-18-10/h1-5,9,17,21H,6-8H2. The first-order chi connectivity index (χ1) is 10.3. The van der Waals surface area contributed by atoms with Gasteiger partial charge in [0.05, 0.1) is 42.1 Å². The highest BCUT2D eigenvalue weighted by molar-refractivity contribution is 6.35. The molecule has 2 aromatic heterocycles. The summed E-state index contributed by atoms with van der Waals surface area (Å²) in [5.74, 6) is 0. The SMILES string of the molecule is OCCn1cc(CNc2ccc(Cl)c3cccnc23)nn1. The molecule has 0 amide bonds. The average molecular weight is 304 g/mol. The van der Waals surface area contributed by atoms with Gasteiger partial charge in [0.2, 0.25) is 0 Å². The quantitative estimate of drug-likeness (QED) is 0.755. The van der Waals surface area contributed by atoms with Gasteiger partial charge >= 0.3 is 0 Å². The average Bonchev–Trinajstić information content (AvgIpc) is 2.95. The van der Waals surface area contributed by atoms with E-state index in [1.165, 1.54) is 0 Å². The van der Waals surface area contributed by atoms with Gasteiger partial charge in [0.25, 0.3) is 0 Å². The highest BCUT2D eigenvalue weighted by Crippen LogP contribution is 2.28. The molecule has 3 rings (SSSR count). The van der Waals surface area contributed by atoms with Crippen molar-refractivity contribution in [1.29, 1.82) is 0 Å². The summed E-state index contributed by atoms with van der Waals surface area (Å²) in [7, 11) is 0. The second kappa shape index (κ2) is 6.07. The smallest absolute Gasteiger partial charge is 0.102 e. The van der Waals surface area contributed by atoms with Gasteiger partial charge in [-0.05, 0) is 24.3 Å². The van der Waals surface area contributed by atoms with Crippen LogP contribution in [0.5, 0.6) is 0 Å². The topological polar surface area (TPSA) is 75.9 Å². The first-order valence-corrected chi connectivity index (χ1v) is 6.92. The van der Waals surface area contributed by atoms with Crippen LogP contribution in [0.1, 0.15) is 5.69 Å². The molecule has 1 aromatic carbocycles. The third-order valence-corrected chi connectivity index (χ3v) is 3.42. The lowest BCUT2D eigenvalue weighted by molar-refractivity contribution is 0.268. The maximum absolute atomic E-state index is 8.86. The number of fused-ring (bicyclic) bond motifs is 1. The van der Waals surface area contributed by atoms with Gasteiger partial charge < -0.3 is 10.4 Å². The number of benzene rings is 1. The molecule has 0 spiro atoms. The first-order valence-electron chi connectivity index (χ1n) is 6.55. The van der Waals surface area contributed by atoms with Gasteiger partial charge in [-0.15, -0.1) is 5.10 Å². The predicted molar refractivity (Wildman–Crippen MR) is 81.2 cm³/mol. The summed E-state index contributed by atoms with van der Waals surface area (Å²) in [6, 6.07) is 7.54. The number of aliphatic hydroxyl groups is 1. The van der Waals surface area contributed by atoms with Crippen LogP contribution in [-0.4, -0.2) is 31.7 Å². The van der Waals surface area contributed by atoms with Crippen LogP contribution in [0, 0.1) is 0 Å². The molecule has 0 atom stereocenters. The van der Waals surface area contributed by atoms with Gasteiger partial charge in [0.1, 0.15) is 5.69 Å². The Balaban J connectivity index is 1.80. The zero-order valence-corrected chi connectivity index (χ0v) is 12.0. The van der Waals surface area contributed by atoms with E-state index in [0.717, 1.165) is 22.3 Å². The predicted octanol–water partition coefficient (Wildman–Crippen LogP) is 2.08. The highest BCUT2D eigenvalue weighted by atomic mass is 35.5. The van der Waals surface area contributed by atoms with Crippen LogP contribution in [-0.2, 0) is 13.1 Å². The van der Waals surface area contributed by atoms with Crippen molar-refractivity contribution in [2.45, 2.75) is 13.1 Å². The third kappa shape index (κ3) is 2.96. The summed E-state index contributed by atoms with van der Waals surface area (Å²) in [4.78, 5) is 4.37. The fraction of sp³-hybridized carbons (Fsp3) is 0.214. The fourth-order valence-electron chi connectivity index (χ4n) is 2.10. The number of aliphatic hydroxyl groups excluding tert-OH is 1. The summed E-state index contributed by atoms with van der Waals surface area (Å²) in [6.45, 7) is 1.01. The zero-order valence-electron chi connectivity index (χ0n) is 11.2. The Labute approximate surface area is 126 Å². The molecule has 3 aromatic rings. The normalized spacial score (nSPS) is 11.0. The van der Waals surface area contributed by atoms with E-state index >= 15 is 0 Å². The molecule has 0 radical (unpaired) electrons. The number of pyridine rings is 1. The van der Waals surface area contributed by atoms with Crippen molar-refractivity contribution in [3.8, 4) is 0 Å². The van der Waals surface area contributed by atoms with Crippen molar-refractivity contribution >= 4 is 28.2 Å². The van der Waals surface area contributed by atoms with Crippen LogP contribution in [0.3, 0.4) is 0 Å². The van der Waals surface area contributed by atoms with Gasteiger partial charge in [-0.3, -0.25) is 4.98 Å². The van der Waals surface area contributed by atoms with Crippen molar-refractivity contribution in [1.82, 2.24) is 20.0 Å². The Morgan fingerprint density at radius 2 is 2.19 bits per heavy atom. The number of nitrogens with one attached hydrogen (secondary N) is 1. The molecule has 7 heteroatoms. The van der Waals surface area contributed by atoms with Crippen LogP contribution in [0.15, 0.2) is 36.7 Å². The summed E-state index contributed by atoms with van der Waals surface area (Å²) in [6.07, 6.45) is 3.54. The summed E-state index contributed by atoms with van der Waals surface area (Å²) in [5, 5.41) is 21.7. The minimum absolute atomic E-state index is 0.0436. The van der Waals surface area contributed by atoms with E-state index in [4.69, 9.17) is 16.7 Å². The molecular weight excluding hydrogens is 290 g/mol. The third-order valence-electron chi connectivity index (χ3n) is 3.09. The fourth-order valence-corrected chi connectivity index (χ4v) is 2.31. The Morgan fingerprint density at radius 3 is 3.05 bits per heavy atom. The molecular formula is C14H14ClN5O. The maximum Gasteiger partial charge on any atom is 0.102 e. The molecule has 2 N–H and O–H groups in total. The molecule has 6 nitrogen and oxygen atoms in total. The maximum atomic E-state index is 8.86. The molecule has 21 heavy (non-hydrogen) atoms. The van der Waals surface area contributed by atoms with E-state index in [0.29, 0.717) is 18.1 Å². The molecule has 0 aliphatic carbocycles. The van der Waals surface area contributed by atoms with Crippen LogP contribution < -0.4 is 5.32 Å². The number of nitrogens with zero attached hydrogens (tertiary/aromatic N) is 4. The number of hydrogen-bond donors (Lipinski definition) is 2. The minimum Gasteiger partial charge on any atom is -0.394 e. The van der Waals surface area contributed by atoms with E-state index in [2.05, 4.69) is 20.6 Å². The first kappa shape index (κ1) is 13.8. The van der Waals surface area contributed by atoms with E-state index in [9.17, 15) is 0 Å². The zero-order chi connectivity index (χ0) is 14.7. The Hall–Kier alpha value is -2.18. The highest BCUT2D eigenvalue weighted by Gasteiger charge is 2.06. The molecule has 2 heterocycles.